The molecule has 2 rings (SSSR count). The number of hydrogen-bond acceptors (Lipinski definition) is 2. The molecule has 0 aliphatic carbocycles. The Labute approximate surface area is 76.5 Å². The summed E-state index contributed by atoms with van der Waals surface area (Å²) in [6.07, 6.45) is 0. The molecule has 0 unspecified atom stereocenters. The van der Waals surface area contributed by atoms with Crippen molar-refractivity contribution in [1.82, 2.24) is 0 Å². The zero-order chi connectivity index (χ0) is 8.72. The third kappa shape index (κ3) is 1.03. The third-order valence-corrected chi connectivity index (χ3v) is 2.37. The van der Waals surface area contributed by atoms with Crippen molar-refractivity contribution >= 4 is 21.9 Å². The van der Waals surface area contributed by atoms with Crippen molar-refractivity contribution in [1.29, 1.82) is 0 Å². The van der Waals surface area contributed by atoms with Gasteiger partial charge in [0.1, 0.15) is 5.82 Å². The van der Waals surface area contributed by atoms with E-state index >= 15 is 0 Å². The molecule has 1 aliphatic heterocycles. The lowest BCUT2D eigenvalue weighted by atomic mass is 10.1. The smallest absolute Gasteiger partial charge is 0.340 e. The molecule has 1 aromatic carbocycles. The van der Waals surface area contributed by atoms with Crippen LogP contribution >= 0.6 is 15.9 Å². The second kappa shape index (κ2) is 2.55. The number of fused-ring (bicyclic) bond motifs is 1. The fraction of sp³-hybridized carbons (Fsp3) is 0.125. The molecule has 12 heavy (non-hydrogen) atoms. The van der Waals surface area contributed by atoms with Gasteiger partial charge in [0, 0.05) is 5.56 Å². The van der Waals surface area contributed by atoms with Gasteiger partial charge in [0.05, 0.1) is 5.56 Å². The predicted octanol–water partition coefficient (Wildman–Crippen LogP) is 2.39. The van der Waals surface area contributed by atoms with Crippen molar-refractivity contribution < 1.29 is 13.9 Å². The van der Waals surface area contributed by atoms with E-state index < -0.39 is 16.8 Å². The summed E-state index contributed by atoms with van der Waals surface area (Å²) >= 11 is 3.14. The van der Waals surface area contributed by atoms with Gasteiger partial charge in [-0.05, 0) is 28.1 Å². The highest BCUT2D eigenvalue weighted by molar-refractivity contribution is 9.09. The second-order valence-electron chi connectivity index (χ2n) is 2.45. The molecule has 0 saturated carbocycles. The maximum Gasteiger partial charge on any atom is 0.340 e. The lowest BCUT2D eigenvalue weighted by Gasteiger charge is -1.98. The average molecular weight is 231 g/mol. The van der Waals surface area contributed by atoms with Crippen LogP contribution in [0, 0.1) is 5.82 Å². The van der Waals surface area contributed by atoms with Crippen LogP contribution in [0.15, 0.2) is 18.2 Å². The number of carbonyl (C=O) groups excluding carboxylic acids is 1. The first-order valence-electron chi connectivity index (χ1n) is 3.33. The summed E-state index contributed by atoms with van der Waals surface area (Å²) in [6, 6.07) is 4.02. The Morgan fingerprint density at radius 3 is 3.00 bits per heavy atom. The lowest BCUT2D eigenvalue weighted by Crippen LogP contribution is -1.93. The quantitative estimate of drug-likeness (QED) is 0.506. The molecule has 4 heteroatoms. The van der Waals surface area contributed by atoms with Crippen molar-refractivity contribution in [2.24, 2.45) is 0 Å². The molecule has 62 valence electrons. The molecule has 0 saturated heterocycles. The minimum atomic E-state index is -0.480. The van der Waals surface area contributed by atoms with E-state index in [0.717, 1.165) is 0 Å². The predicted molar refractivity (Wildman–Crippen MR) is 43.5 cm³/mol. The van der Waals surface area contributed by atoms with Crippen LogP contribution in [0.3, 0.4) is 0 Å². The maximum absolute atomic E-state index is 12.6. The summed E-state index contributed by atoms with van der Waals surface area (Å²) < 4.78 is 17.4. The Hall–Kier alpha value is -0.900. The summed E-state index contributed by atoms with van der Waals surface area (Å²) in [7, 11) is 0. The monoisotopic (exact) mass is 230 g/mol. The molecule has 0 spiro atoms. The van der Waals surface area contributed by atoms with Crippen molar-refractivity contribution in [2.75, 3.05) is 0 Å². The van der Waals surface area contributed by atoms with E-state index in [1.54, 1.807) is 0 Å². The van der Waals surface area contributed by atoms with Crippen LogP contribution in [0.4, 0.5) is 4.39 Å². The van der Waals surface area contributed by atoms with Crippen LogP contribution in [0.2, 0.25) is 0 Å². The largest absolute Gasteiger partial charge is 0.442 e. The highest BCUT2D eigenvalue weighted by atomic mass is 79.9. The topological polar surface area (TPSA) is 26.3 Å². The van der Waals surface area contributed by atoms with Crippen molar-refractivity contribution in [3.63, 3.8) is 0 Å². The van der Waals surface area contributed by atoms with Gasteiger partial charge in [0.2, 0.25) is 0 Å². The lowest BCUT2D eigenvalue weighted by molar-refractivity contribution is 0.0530. The van der Waals surface area contributed by atoms with Gasteiger partial charge in [-0.1, -0.05) is 6.07 Å². The van der Waals surface area contributed by atoms with Gasteiger partial charge in [0.15, 0.2) is 5.01 Å². The number of cyclic esters (lactones) is 1. The molecule has 0 bridgehead atoms. The molecule has 1 heterocycles. The van der Waals surface area contributed by atoms with Gasteiger partial charge < -0.3 is 4.74 Å². The van der Waals surface area contributed by atoms with E-state index in [1.165, 1.54) is 18.2 Å². The fourth-order valence-electron chi connectivity index (χ4n) is 1.12. The first-order chi connectivity index (χ1) is 5.68. The first-order valence-corrected chi connectivity index (χ1v) is 4.24. The van der Waals surface area contributed by atoms with Crippen LogP contribution in [-0.2, 0) is 4.74 Å². The van der Waals surface area contributed by atoms with Crippen LogP contribution < -0.4 is 0 Å². The van der Waals surface area contributed by atoms with Gasteiger partial charge >= 0.3 is 5.97 Å². The number of carbonyl (C=O) groups is 1. The van der Waals surface area contributed by atoms with Crippen LogP contribution in [-0.4, -0.2) is 5.97 Å². The van der Waals surface area contributed by atoms with Crippen molar-refractivity contribution in [2.45, 2.75) is 5.01 Å². The summed E-state index contributed by atoms with van der Waals surface area (Å²) in [6.45, 7) is 0. The number of rotatable bonds is 0. The highest BCUT2D eigenvalue weighted by Crippen LogP contribution is 2.34. The zero-order valence-electron chi connectivity index (χ0n) is 5.88. The van der Waals surface area contributed by atoms with E-state index in [4.69, 9.17) is 4.74 Å². The molecule has 0 aromatic heterocycles. The van der Waals surface area contributed by atoms with Gasteiger partial charge in [-0.25, -0.2) is 9.18 Å². The summed E-state index contributed by atoms with van der Waals surface area (Å²) in [5, 5.41) is -0.430. The van der Waals surface area contributed by atoms with Gasteiger partial charge in [0.25, 0.3) is 0 Å². The molecule has 0 N–H and O–H groups in total. The van der Waals surface area contributed by atoms with Crippen molar-refractivity contribution in [3.05, 3.63) is 35.1 Å². The SMILES string of the molecule is O=C1O[C@@H](Br)c2ccc(F)cc21. The molecule has 0 amide bonds. The standard InChI is InChI=1S/C8H4BrFO2/c9-7-5-2-1-4(10)3-6(5)8(11)12-7/h1-3,7H/t7-/m1/s1. The third-order valence-electron chi connectivity index (χ3n) is 1.69. The molecule has 1 aromatic rings. The van der Waals surface area contributed by atoms with Crippen LogP contribution in [0.5, 0.6) is 0 Å². The number of halogens is 2. The van der Waals surface area contributed by atoms with E-state index in [0.29, 0.717) is 11.1 Å². The number of ether oxygens (including phenoxy) is 1. The average Bonchev–Trinajstić information content (AvgIpc) is 2.28. The second-order valence-corrected chi connectivity index (χ2v) is 3.28. The Bertz CT molecular complexity index is 351. The molecule has 1 atom stereocenters. The number of benzene rings is 1. The Morgan fingerprint density at radius 2 is 2.25 bits per heavy atom. The minimum Gasteiger partial charge on any atom is -0.442 e. The van der Waals surface area contributed by atoms with Crippen LogP contribution in [0.25, 0.3) is 0 Å². The number of hydrogen-bond donors (Lipinski definition) is 0. The summed E-state index contributed by atoms with van der Waals surface area (Å²) in [5.74, 6) is -0.904. The summed E-state index contributed by atoms with van der Waals surface area (Å²) in [4.78, 5) is 11.0. The molecule has 1 aliphatic rings. The number of esters is 1. The first kappa shape index (κ1) is 7.73. The molecule has 2 nitrogen and oxygen atoms in total. The zero-order valence-corrected chi connectivity index (χ0v) is 7.47. The number of alkyl halides is 1. The van der Waals surface area contributed by atoms with Gasteiger partial charge in [-0.15, -0.1) is 0 Å². The normalized spacial score (nSPS) is 20.5. The molecular formula is C8H4BrFO2. The minimum absolute atomic E-state index is 0.303. The maximum atomic E-state index is 12.6. The van der Waals surface area contributed by atoms with Gasteiger partial charge in [-0.2, -0.15) is 0 Å². The Morgan fingerprint density at radius 1 is 1.50 bits per heavy atom. The molecule has 0 fully saturated rings. The van der Waals surface area contributed by atoms with E-state index in [1.807, 2.05) is 0 Å². The van der Waals surface area contributed by atoms with E-state index in [-0.39, 0.29) is 0 Å². The van der Waals surface area contributed by atoms with Gasteiger partial charge in [-0.3, -0.25) is 0 Å². The van der Waals surface area contributed by atoms with Crippen LogP contribution in [0.1, 0.15) is 20.9 Å². The highest BCUT2D eigenvalue weighted by Gasteiger charge is 2.28. The van der Waals surface area contributed by atoms with Crippen molar-refractivity contribution in [3.8, 4) is 0 Å². The summed E-state index contributed by atoms with van der Waals surface area (Å²) in [5.41, 5.74) is 0.985. The van der Waals surface area contributed by atoms with E-state index in [9.17, 15) is 9.18 Å². The molecule has 0 radical (unpaired) electrons. The Balaban J connectivity index is 2.60. The van der Waals surface area contributed by atoms with E-state index in [2.05, 4.69) is 15.9 Å². The molecular weight excluding hydrogens is 227 g/mol. The Kier molecular flexibility index (Phi) is 1.65. The fourth-order valence-corrected chi connectivity index (χ4v) is 1.69.